The molecule has 1 saturated heterocycles. The molecule has 2 aromatic rings. The first kappa shape index (κ1) is 24.1. The Morgan fingerprint density at radius 2 is 2.00 bits per heavy atom. The number of rotatable bonds is 8. The molecule has 4 N–H and O–H groups in total. The molecule has 0 saturated carbocycles. The van der Waals surface area contributed by atoms with Crippen molar-refractivity contribution in [3.63, 3.8) is 0 Å². The quantitative estimate of drug-likeness (QED) is 0.336. The van der Waals surface area contributed by atoms with Crippen molar-refractivity contribution < 1.29 is 24.3 Å². The number of methoxy groups -OCH3 is 1. The molecule has 1 fully saturated rings. The smallest absolute Gasteiger partial charge is 0.406 e. The standard InChI is InChI=1S/C22H27N3O5S2/c1-30-21(28)23-11-9-19(26)24-16-6-4-5-15(13-16)17-7-8-18(32-17)22(14-20(27)25-29)10-2-3-12-31-22/h4-8,13,29H,2-3,9-12,14H2,1H3,(H,23,28)(H,24,26)(H,25,27)/t22-/m0/s1. The Morgan fingerprint density at radius 1 is 1.16 bits per heavy atom. The third-order valence-corrected chi connectivity index (χ3v) is 8.30. The second kappa shape index (κ2) is 11.3. The lowest BCUT2D eigenvalue weighted by Gasteiger charge is -2.35. The second-order valence-corrected chi connectivity index (χ2v) is 10.0. The van der Waals surface area contributed by atoms with Crippen LogP contribution >= 0.6 is 23.1 Å². The van der Waals surface area contributed by atoms with Crippen LogP contribution in [-0.2, 0) is 19.1 Å². The van der Waals surface area contributed by atoms with E-state index in [0.29, 0.717) is 5.69 Å². The van der Waals surface area contributed by atoms with Gasteiger partial charge in [0.05, 0.1) is 11.9 Å². The van der Waals surface area contributed by atoms with Crippen LogP contribution in [0.25, 0.3) is 10.4 Å². The van der Waals surface area contributed by atoms with E-state index in [4.69, 9.17) is 5.21 Å². The molecule has 0 spiro atoms. The first-order chi connectivity index (χ1) is 15.5. The number of hydrogen-bond donors (Lipinski definition) is 4. The van der Waals surface area contributed by atoms with Crippen molar-refractivity contribution in [2.24, 2.45) is 0 Å². The van der Waals surface area contributed by atoms with Gasteiger partial charge in [-0.1, -0.05) is 18.6 Å². The molecule has 1 atom stereocenters. The minimum absolute atomic E-state index is 0.134. The number of benzene rings is 1. The lowest BCUT2D eigenvalue weighted by Crippen LogP contribution is -2.32. The highest BCUT2D eigenvalue weighted by molar-refractivity contribution is 8.00. The molecular formula is C22H27N3O5S2. The van der Waals surface area contributed by atoms with E-state index in [9.17, 15) is 14.4 Å². The summed E-state index contributed by atoms with van der Waals surface area (Å²) in [7, 11) is 1.27. The van der Waals surface area contributed by atoms with Crippen molar-refractivity contribution in [1.82, 2.24) is 10.8 Å². The van der Waals surface area contributed by atoms with Gasteiger partial charge in [-0.15, -0.1) is 23.1 Å². The highest BCUT2D eigenvalue weighted by Crippen LogP contribution is 2.50. The summed E-state index contributed by atoms with van der Waals surface area (Å²) < 4.78 is 4.15. The molecule has 0 bridgehead atoms. The van der Waals surface area contributed by atoms with Crippen LogP contribution < -0.4 is 16.1 Å². The summed E-state index contributed by atoms with van der Waals surface area (Å²) in [5.41, 5.74) is 3.41. The molecule has 3 amide bonds. The summed E-state index contributed by atoms with van der Waals surface area (Å²) in [6.45, 7) is 0.188. The fraction of sp³-hybridized carbons (Fsp3) is 0.409. The van der Waals surface area contributed by atoms with Crippen LogP contribution in [0.3, 0.4) is 0 Å². The van der Waals surface area contributed by atoms with Crippen molar-refractivity contribution in [1.29, 1.82) is 0 Å². The summed E-state index contributed by atoms with van der Waals surface area (Å²) in [6.07, 6.45) is 2.87. The maximum Gasteiger partial charge on any atom is 0.406 e. The minimum Gasteiger partial charge on any atom is -0.453 e. The van der Waals surface area contributed by atoms with Crippen molar-refractivity contribution in [2.75, 3.05) is 24.7 Å². The zero-order valence-corrected chi connectivity index (χ0v) is 19.4. The fourth-order valence-corrected chi connectivity index (χ4v) is 6.52. The highest BCUT2D eigenvalue weighted by Gasteiger charge is 2.38. The molecule has 3 rings (SSSR count). The topological polar surface area (TPSA) is 117 Å². The van der Waals surface area contributed by atoms with Crippen LogP contribution in [0.15, 0.2) is 36.4 Å². The average molecular weight is 478 g/mol. The van der Waals surface area contributed by atoms with Crippen molar-refractivity contribution in [3.8, 4) is 10.4 Å². The first-order valence-corrected chi connectivity index (χ1v) is 12.2. The number of hydrogen-bond acceptors (Lipinski definition) is 7. The minimum atomic E-state index is -0.571. The van der Waals surface area contributed by atoms with Crippen molar-refractivity contribution in [3.05, 3.63) is 41.3 Å². The van der Waals surface area contributed by atoms with Crippen LogP contribution in [0.2, 0.25) is 0 Å². The van der Waals surface area contributed by atoms with Gasteiger partial charge in [0.1, 0.15) is 0 Å². The number of thiophene rings is 1. The zero-order chi connectivity index (χ0) is 23.0. The molecule has 172 valence electrons. The number of carbonyl (C=O) groups excluding carboxylic acids is 3. The van der Waals surface area contributed by atoms with Gasteiger partial charge in [-0.2, -0.15) is 0 Å². The Kier molecular flexibility index (Phi) is 8.54. The predicted octanol–water partition coefficient (Wildman–Crippen LogP) is 4.11. The molecule has 0 aliphatic carbocycles. The van der Waals surface area contributed by atoms with Crippen LogP contribution in [0.4, 0.5) is 10.5 Å². The van der Waals surface area contributed by atoms with Gasteiger partial charge in [0.25, 0.3) is 0 Å². The van der Waals surface area contributed by atoms with Gasteiger partial charge in [0, 0.05) is 34.8 Å². The normalized spacial score (nSPS) is 17.9. The number of nitrogens with one attached hydrogen (secondary N) is 3. The Bertz CT molecular complexity index is 957. The summed E-state index contributed by atoms with van der Waals surface area (Å²) in [6, 6.07) is 11.7. The number of amides is 3. The second-order valence-electron chi connectivity index (χ2n) is 7.47. The molecule has 2 heterocycles. The number of thioether (sulfide) groups is 1. The van der Waals surface area contributed by atoms with E-state index < -0.39 is 6.09 Å². The van der Waals surface area contributed by atoms with E-state index in [1.54, 1.807) is 28.6 Å². The lowest BCUT2D eigenvalue weighted by atomic mass is 9.94. The van der Waals surface area contributed by atoms with E-state index in [1.807, 2.05) is 30.3 Å². The number of hydroxylamine groups is 1. The molecule has 10 heteroatoms. The summed E-state index contributed by atoms with van der Waals surface area (Å²) in [4.78, 5) is 37.3. The highest BCUT2D eigenvalue weighted by atomic mass is 32.2. The number of alkyl carbamates (subject to hydrolysis) is 1. The Morgan fingerprint density at radius 3 is 2.72 bits per heavy atom. The summed E-state index contributed by atoms with van der Waals surface area (Å²) in [5, 5.41) is 14.4. The van der Waals surface area contributed by atoms with Gasteiger partial charge < -0.3 is 15.4 Å². The fourth-order valence-electron chi connectivity index (χ4n) is 3.63. The third kappa shape index (κ3) is 6.24. The van der Waals surface area contributed by atoms with Crippen LogP contribution in [0, 0.1) is 0 Å². The Balaban J connectivity index is 1.71. The first-order valence-electron chi connectivity index (χ1n) is 10.3. The van der Waals surface area contributed by atoms with Gasteiger partial charge in [-0.25, -0.2) is 10.3 Å². The van der Waals surface area contributed by atoms with E-state index in [1.165, 1.54) is 7.11 Å². The van der Waals surface area contributed by atoms with E-state index >= 15 is 0 Å². The summed E-state index contributed by atoms with van der Waals surface area (Å²) in [5.74, 6) is 0.400. The van der Waals surface area contributed by atoms with Gasteiger partial charge in [0.2, 0.25) is 11.8 Å². The molecule has 1 aliphatic heterocycles. The van der Waals surface area contributed by atoms with Gasteiger partial charge in [-0.05, 0) is 48.4 Å². The zero-order valence-electron chi connectivity index (χ0n) is 17.8. The molecule has 1 aromatic carbocycles. The van der Waals surface area contributed by atoms with Gasteiger partial charge in [0.15, 0.2) is 0 Å². The lowest BCUT2D eigenvalue weighted by molar-refractivity contribution is -0.129. The van der Waals surface area contributed by atoms with Gasteiger partial charge >= 0.3 is 6.09 Å². The third-order valence-electron chi connectivity index (χ3n) is 5.22. The average Bonchev–Trinajstić information content (AvgIpc) is 3.31. The Labute approximate surface area is 195 Å². The van der Waals surface area contributed by atoms with Crippen molar-refractivity contribution >= 4 is 46.7 Å². The van der Waals surface area contributed by atoms with Crippen LogP contribution in [0.5, 0.6) is 0 Å². The summed E-state index contributed by atoms with van der Waals surface area (Å²) >= 11 is 3.42. The Hall–Kier alpha value is -2.56. The molecule has 1 aliphatic rings. The number of anilines is 1. The van der Waals surface area contributed by atoms with Gasteiger partial charge in [-0.3, -0.25) is 14.8 Å². The number of carbonyl (C=O) groups is 3. The van der Waals surface area contributed by atoms with Crippen LogP contribution in [-0.4, -0.2) is 42.5 Å². The molecule has 32 heavy (non-hydrogen) atoms. The van der Waals surface area contributed by atoms with E-state index in [0.717, 1.165) is 40.3 Å². The molecular weight excluding hydrogens is 450 g/mol. The molecule has 0 radical (unpaired) electrons. The van der Waals surface area contributed by atoms with E-state index in [2.05, 4.69) is 21.4 Å². The maximum atomic E-state index is 12.2. The monoisotopic (exact) mass is 477 g/mol. The molecule has 8 nitrogen and oxygen atoms in total. The largest absolute Gasteiger partial charge is 0.453 e. The molecule has 0 unspecified atom stereocenters. The predicted molar refractivity (Wildman–Crippen MR) is 126 cm³/mol. The molecule has 1 aromatic heterocycles. The number of ether oxygens (including phenoxy) is 1. The SMILES string of the molecule is COC(=O)NCCC(=O)Nc1cccc(-c2ccc([C@@]3(CC(=O)NO)CCCCS3)s2)c1. The van der Waals surface area contributed by atoms with Crippen LogP contribution in [0.1, 0.15) is 37.0 Å². The van der Waals surface area contributed by atoms with E-state index in [-0.39, 0.29) is 35.9 Å². The maximum absolute atomic E-state index is 12.2. The van der Waals surface area contributed by atoms with Crippen molar-refractivity contribution in [2.45, 2.75) is 36.9 Å².